The maximum atomic E-state index is 10.9. The van der Waals surface area contributed by atoms with Crippen molar-refractivity contribution in [3.8, 4) is 5.75 Å². The monoisotopic (exact) mass is 250 g/mol. The van der Waals surface area contributed by atoms with E-state index in [0.29, 0.717) is 12.8 Å². The van der Waals surface area contributed by atoms with Crippen LogP contribution in [-0.4, -0.2) is 29.4 Å². The molecule has 1 fully saturated rings. The van der Waals surface area contributed by atoms with Crippen LogP contribution in [0.15, 0.2) is 24.3 Å². The molecule has 0 bridgehead atoms. The van der Waals surface area contributed by atoms with E-state index in [2.05, 4.69) is 0 Å². The summed E-state index contributed by atoms with van der Waals surface area (Å²) in [5.74, 6) is 0.453. The van der Waals surface area contributed by atoms with E-state index in [4.69, 9.17) is 9.47 Å². The first-order valence-electron chi connectivity index (χ1n) is 6.14. The molecule has 1 aliphatic rings. The Hall–Kier alpha value is -1.55. The highest BCUT2D eigenvalue weighted by Gasteiger charge is 2.36. The number of para-hydroxylation sites is 1. The van der Waals surface area contributed by atoms with Crippen LogP contribution >= 0.6 is 0 Å². The van der Waals surface area contributed by atoms with Gasteiger partial charge in [-0.3, -0.25) is 4.79 Å². The molecule has 0 heterocycles. The summed E-state index contributed by atoms with van der Waals surface area (Å²) >= 11 is 0. The second-order valence-corrected chi connectivity index (χ2v) is 4.69. The molecule has 0 unspecified atom stereocenters. The highest BCUT2D eigenvalue weighted by molar-refractivity contribution is 5.66. The molecule has 98 valence electrons. The zero-order valence-corrected chi connectivity index (χ0v) is 10.6. The maximum Gasteiger partial charge on any atom is 0.302 e. The Balaban J connectivity index is 1.98. The van der Waals surface area contributed by atoms with Gasteiger partial charge in [-0.15, -0.1) is 0 Å². The van der Waals surface area contributed by atoms with Gasteiger partial charge in [0.1, 0.15) is 18.0 Å². The van der Waals surface area contributed by atoms with E-state index in [0.717, 1.165) is 11.3 Å². The Kier molecular flexibility index (Phi) is 3.87. The summed E-state index contributed by atoms with van der Waals surface area (Å²) in [6.07, 6.45) is -0.165. The average Bonchev–Trinajstić information content (AvgIpc) is 2.61. The van der Waals surface area contributed by atoms with Gasteiger partial charge in [0.15, 0.2) is 0 Å². The molecule has 1 aromatic carbocycles. The molecule has 0 saturated heterocycles. The first-order chi connectivity index (χ1) is 8.56. The average molecular weight is 250 g/mol. The van der Waals surface area contributed by atoms with Gasteiger partial charge in [0, 0.05) is 19.8 Å². The molecule has 0 aliphatic heterocycles. The van der Waals surface area contributed by atoms with Crippen LogP contribution in [0.5, 0.6) is 5.75 Å². The molecule has 1 aliphatic carbocycles. The maximum absolute atomic E-state index is 10.9. The lowest BCUT2D eigenvalue weighted by molar-refractivity contribution is -0.146. The van der Waals surface area contributed by atoms with E-state index in [-0.39, 0.29) is 18.2 Å². The number of aliphatic hydroxyl groups excluding tert-OH is 1. The van der Waals surface area contributed by atoms with Crippen molar-refractivity contribution in [2.75, 3.05) is 0 Å². The zero-order valence-electron chi connectivity index (χ0n) is 10.6. The number of carbonyl (C=O) groups is 1. The summed E-state index contributed by atoms with van der Waals surface area (Å²) in [6.45, 7) is 3.34. The predicted octanol–water partition coefficient (Wildman–Crippen LogP) is 1.83. The van der Waals surface area contributed by atoms with E-state index in [1.165, 1.54) is 6.92 Å². The quantitative estimate of drug-likeness (QED) is 0.831. The fourth-order valence-corrected chi connectivity index (χ4v) is 2.24. The van der Waals surface area contributed by atoms with Crippen molar-refractivity contribution in [2.45, 2.75) is 45.0 Å². The van der Waals surface area contributed by atoms with Crippen LogP contribution in [0.3, 0.4) is 0 Å². The molecule has 0 amide bonds. The summed E-state index contributed by atoms with van der Waals surface area (Å²) in [5, 5.41) is 9.91. The van der Waals surface area contributed by atoms with E-state index >= 15 is 0 Å². The molecule has 1 aromatic rings. The molecule has 4 heteroatoms. The number of aryl methyl sites for hydroxylation is 1. The van der Waals surface area contributed by atoms with Gasteiger partial charge in [-0.05, 0) is 18.6 Å². The minimum Gasteiger partial charge on any atom is -0.487 e. The number of carbonyl (C=O) groups excluding carboxylic acids is 1. The number of hydrogen-bond acceptors (Lipinski definition) is 4. The Morgan fingerprint density at radius 1 is 1.33 bits per heavy atom. The first kappa shape index (κ1) is 12.9. The van der Waals surface area contributed by atoms with Gasteiger partial charge in [0.2, 0.25) is 0 Å². The topological polar surface area (TPSA) is 55.8 Å². The van der Waals surface area contributed by atoms with Crippen LogP contribution < -0.4 is 4.74 Å². The third-order valence-corrected chi connectivity index (χ3v) is 3.13. The normalized spacial score (nSPS) is 26.9. The number of aliphatic hydroxyl groups is 1. The lowest BCUT2D eigenvalue weighted by atomic mass is 10.2. The first-order valence-corrected chi connectivity index (χ1v) is 6.14. The molecular weight excluding hydrogens is 232 g/mol. The van der Waals surface area contributed by atoms with E-state index in [9.17, 15) is 9.90 Å². The lowest BCUT2D eigenvalue weighted by Gasteiger charge is -2.18. The van der Waals surface area contributed by atoms with Gasteiger partial charge in [0.25, 0.3) is 0 Å². The summed E-state index contributed by atoms with van der Waals surface area (Å²) in [6, 6.07) is 7.67. The third kappa shape index (κ3) is 3.01. The van der Waals surface area contributed by atoms with E-state index in [1.807, 2.05) is 31.2 Å². The van der Waals surface area contributed by atoms with Crippen molar-refractivity contribution in [3.63, 3.8) is 0 Å². The van der Waals surface area contributed by atoms with Crippen molar-refractivity contribution in [1.29, 1.82) is 0 Å². The van der Waals surface area contributed by atoms with Gasteiger partial charge in [-0.2, -0.15) is 0 Å². The second-order valence-electron chi connectivity index (χ2n) is 4.69. The van der Waals surface area contributed by atoms with Gasteiger partial charge >= 0.3 is 5.97 Å². The molecule has 4 nitrogen and oxygen atoms in total. The molecule has 2 rings (SSSR count). The van der Waals surface area contributed by atoms with Crippen molar-refractivity contribution >= 4 is 5.97 Å². The smallest absolute Gasteiger partial charge is 0.302 e. The molecule has 1 saturated carbocycles. The minimum absolute atomic E-state index is 0.244. The molecule has 3 atom stereocenters. The van der Waals surface area contributed by atoms with Crippen LogP contribution in [0, 0.1) is 6.92 Å². The van der Waals surface area contributed by atoms with Crippen LogP contribution in [0.1, 0.15) is 25.3 Å². The molecule has 0 aromatic heterocycles. The predicted molar refractivity (Wildman–Crippen MR) is 66.4 cm³/mol. The van der Waals surface area contributed by atoms with Crippen molar-refractivity contribution in [1.82, 2.24) is 0 Å². The summed E-state index contributed by atoms with van der Waals surface area (Å²) < 4.78 is 10.9. The van der Waals surface area contributed by atoms with Crippen LogP contribution in [0.2, 0.25) is 0 Å². The molecular formula is C14H18O4. The molecule has 0 radical (unpaired) electrons. The second kappa shape index (κ2) is 5.40. The van der Waals surface area contributed by atoms with E-state index in [1.54, 1.807) is 0 Å². The fraction of sp³-hybridized carbons (Fsp3) is 0.500. The highest BCUT2D eigenvalue weighted by atomic mass is 16.6. The van der Waals surface area contributed by atoms with Gasteiger partial charge in [-0.1, -0.05) is 18.2 Å². The Morgan fingerprint density at radius 3 is 2.72 bits per heavy atom. The Bertz CT molecular complexity index is 430. The third-order valence-electron chi connectivity index (χ3n) is 3.13. The van der Waals surface area contributed by atoms with Crippen LogP contribution in [0.4, 0.5) is 0 Å². The molecule has 18 heavy (non-hydrogen) atoms. The molecule has 1 N–H and O–H groups in total. The Labute approximate surface area is 107 Å². The van der Waals surface area contributed by atoms with Crippen LogP contribution in [0.25, 0.3) is 0 Å². The lowest BCUT2D eigenvalue weighted by Crippen LogP contribution is -2.25. The van der Waals surface area contributed by atoms with E-state index < -0.39 is 6.10 Å². The number of hydrogen-bond donors (Lipinski definition) is 1. The number of esters is 1. The number of benzene rings is 1. The van der Waals surface area contributed by atoms with Crippen LogP contribution in [-0.2, 0) is 9.53 Å². The number of ether oxygens (including phenoxy) is 2. The van der Waals surface area contributed by atoms with Crippen molar-refractivity contribution in [3.05, 3.63) is 29.8 Å². The fourth-order valence-electron chi connectivity index (χ4n) is 2.24. The summed E-state index contributed by atoms with van der Waals surface area (Å²) in [5.41, 5.74) is 1.03. The van der Waals surface area contributed by atoms with Gasteiger partial charge < -0.3 is 14.6 Å². The number of rotatable bonds is 3. The highest BCUT2D eigenvalue weighted by Crippen LogP contribution is 2.28. The van der Waals surface area contributed by atoms with Crippen molar-refractivity contribution in [2.24, 2.45) is 0 Å². The SMILES string of the molecule is CC(=O)O[C@H]1C[C@H](O)[C@H](Oc2ccccc2C)C1. The zero-order chi connectivity index (χ0) is 13.1. The minimum atomic E-state index is -0.589. The summed E-state index contributed by atoms with van der Waals surface area (Å²) in [4.78, 5) is 10.9. The van der Waals surface area contributed by atoms with Gasteiger partial charge in [-0.25, -0.2) is 0 Å². The largest absolute Gasteiger partial charge is 0.487 e. The van der Waals surface area contributed by atoms with Crippen molar-refractivity contribution < 1.29 is 19.4 Å². The summed E-state index contributed by atoms with van der Waals surface area (Å²) in [7, 11) is 0. The Morgan fingerprint density at radius 2 is 2.06 bits per heavy atom. The van der Waals surface area contributed by atoms with Gasteiger partial charge in [0.05, 0.1) is 6.10 Å². The standard InChI is InChI=1S/C14H18O4/c1-9-5-3-4-6-13(9)18-14-8-11(7-12(14)16)17-10(2)15/h3-6,11-12,14,16H,7-8H2,1-2H3/t11-,12-,14+/m0/s1. The molecule has 0 spiro atoms.